The lowest BCUT2D eigenvalue weighted by Gasteiger charge is -2.31. The summed E-state index contributed by atoms with van der Waals surface area (Å²) in [6, 6.07) is 9.46. The topological polar surface area (TPSA) is 49.7 Å². The molecule has 1 aromatic carbocycles. The molecule has 5 nitrogen and oxygen atoms in total. The highest BCUT2D eigenvalue weighted by Gasteiger charge is 2.55. The number of aromatic nitrogens is 1. The van der Waals surface area contributed by atoms with Crippen molar-refractivity contribution < 1.29 is 18.8 Å². The third-order valence-corrected chi connectivity index (χ3v) is 4.22. The Morgan fingerprint density at radius 1 is 1.10 bits per heavy atom. The Morgan fingerprint density at radius 3 is 2.38 bits per heavy atom. The summed E-state index contributed by atoms with van der Waals surface area (Å²) in [6.07, 6.45) is 1.16. The largest absolute Gasteiger partial charge is 0.717 e. The molecule has 1 saturated heterocycles. The Balaban J connectivity index is 1.79. The SMILES string of the molecule is CC1(C)OB(OC(=O)n2ccc3ccccc32)OC1(C)C. The van der Waals surface area contributed by atoms with E-state index in [-0.39, 0.29) is 0 Å². The van der Waals surface area contributed by atoms with Crippen LogP contribution < -0.4 is 0 Å². The highest BCUT2D eigenvalue weighted by atomic mass is 16.8. The maximum absolute atomic E-state index is 12.3. The third kappa shape index (κ3) is 2.34. The van der Waals surface area contributed by atoms with E-state index in [1.807, 2.05) is 58.0 Å². The Hall–Kier alpha value is -1.79. The van der Waals surface area contributed by atoms with E-state index < -0.39 is 24.6 Å². The molecule has 0 spiro atoms. The zero-order valence-corrected chi connectivity index (χ0v) is 12.6. The Kier molecular flexibility index (Phi) is 3.11. The fourth-order valence-electron chi connectivity index (χ4n) is 2.22. The number of hydrogen-bond acceptors (Lipinski definition) is 4. The number of nitrogens with zero attached hydrogens (tertiary/aromatic N) is 1. The molecule has 0 aliphatic carbocycles. The average molecular weight is 287 g/mol. The van der Waals surface area contributed by atoms with Gasteiger partial charge < -0.3 is 14.0 Å². The molecule has 1 fully saturated rings. The summed E-state index contributed by atoms with van der Waals surface area (Å²) >= 11 is 0. The third-order valence-electron chi connectivity index (χ3n) is 4.22. The summed E-state index contributed by atoms with van der Waals surface area (Å²) in [5, 5.41) is 0.975. The molecule has 0 saturated carbocycles. The van der Waals surface area contributed by atoms with Crippen molar-refractivity contribution in [3.05, 3.63) is 36.5 Å². The van der Waals surface area contributed by atoms with Crippen LogP contribution in [0.15, 0.2) is 36.5 Å². The van der Waals surface area contributed by atoms with Crippen LogP contribution in [0.1, 0.15) is 27.7 Å². The predicted octanol–water partition coefficient (Wildman–Crippen LogP) is 3.21. The molecule has 6 heteroatoms. The second-order valence-corrected chi connectivity index (χ2v) is 6.17. The van der Waals surface area contributed by atoms with Gasteiger partial charge in [-0.1, -0.05) is 18.2 Å². The smallest absolute Gasteiger partial charge is 0.467 e. The summed E-state index contributed by atoms with van der Waals surface area (Å²) in [5.74, 6) is 0. The van der Waals surface area contributed by atoms with Crippen molar-refractivity contribution in [3.8, 4) is 0 Å². The van der Waals surface area contributed by atoms with Gasteiger partial charge in [-0.05, 0) is 39.8 Å². The molecule has 1 aliphatic rings. The van der Waals surface area contributed by atoms with E-state index in [0.717, 1.165) is 10.9 Å². The van der Waals surface area contributed by atoms with Gasteiger partial charge in [0.2, 0.25) is 0 Å². The minimum Gasteiger partial charge on any atom is -0.467 e. The van der Waals surface area contributed by atoms with Crippen molar-refractivity contribution >= 4 is 24.3 Å². The highest BCUT2D eigenvalue weighted by molar-refractivity contribution is 6.40. The van der Waals surface area contributed by atoms with Gasteiger partial charge >= 0.3 is 13.4 Å². The van der Waals surface area contributed by atoms with Gasteiger partial charge in [0.1, 0.15) is 0 Å². The number of carbonyl (C=O) groups excluding carboxylic acids is 1. The van der Waals surface area contributed by atoms with Crippen LogP contribution in [0.4, 0.5) is 4.79 Å². The van der Waals surface area contributed by atoms with Crippen molar-refractivity contribution in [2.24, 2.45) is 0 Å². The number of fused-ring (bicyclic) bond motifs is 1. The van der Waals surface area contributed by atoms with Crippen molar-refractivity contribution in [1.82, 2.24) is 4.57 Å². The van der Waals surface area contributed by atoms with Crippen LogP contribution in [0, 0.1) is 0 Å². The lowest BCUT2D eigenvalue weighted by molar-refractivity contribution is 0.00578. The Labute approximate surface area is 124 Å². The molecule has 110 valence electrons. The molecular formula is C15H18BNO4. The monoisotopic (exact) mass is 287 g/mol. The minimum absolute atomic E-state index is 0.519. The van der Waals surface area contributed by atoms with E-state index in [2.05, 4.69) is 0 Å². The van der Waals surface area contributed by atoms with Crippen LogP contribution in [-0.2, 0) is 14.0 Å². The molecular weight excluding hydrogens is 269 g/mol. The molecule has 21 heavy (non-hydrogen) atoms. The Bertz CT molecular complexity index is 676. The number of para-hydroxylation sites is 1. The first-order chi connectivity index (χ1) is 9.80. The van der Waals surface area contributed by atoms with E-state index in [0.29, 0.717) is 0 Å². The van der Waals surface area contributed by atoms with Crippen LogP contribution in [0.3, 0.4) is 0 Å². The van der Waals surface area contributed by atoms with Crippen molar-refractivity contribution in [3.63, 3.8) is 0 Å². The first-order valence-electron chi connectivity index (χ1n) is 6.93. The average Bonchev–Trinajstić information content (AvgIpc) is 2.88. The highest BCUT2D eigenvalue weighted by Crippen LogP contribution is 2.37. The Morgan fingerprint density at radius 2 is 1.71 bits per heavy atom. The second kappa shape index (κ2) is 4.61. The zero-order chi connectivity index (χ0) is 15.3. The standard InChI is InChI=1S/C15H18BNO4/c1-14(2)15(3,4)21-16(20-14)19-13(18)17-10-9-11-7-5-6-8-12(11)17/h5-10H,1-4H3. The number of benzene rings is 1. The summed E-state index contributed by atoms with van der Waals surface area (Å²) in [7, 11) is -0.997. The molecule has 0 bridgehead atoms. The van der Waals surface area contributed by atoms with Crippen LogP contribution in [0.5, 0.6) is 0 Å². The molecule has 2 heterocycles. The lowest BCUT2D eigenvalue weighted by atomic mass is 9.90. The maximum atomic E-state index is 12.3. The van der Waals surface area contributed by atoms with E-state index in [1.54, 1.807) is 6.20 Å². The van der Waals surface area contributed by atoms with Gasteiger partial charge in [0.25, 0.3) is 0 Å². The number of rotatable bonds is 1. The van der Waals surface area contributed by atoms with E-state index >= 15 is 0 Å². The molecule has 0 N–H and O–H groups in total. The molecule has 2 aromatic rings. The summed E-state index contributed by atoms with van der Waals surface area (Å²) in [4.78, 5) is 12.3. The van der Waals surface area contributed by atoms with E-state index in [4.69, 9.17) is 14.0 Å². The number of carbonyl (C=O) groups is 1. The molecule has 0 unspecified atom stereocenters. The molecule has 1 aliphatic heterocycles. The van der Waals surface area contributed by atoms with Crippen LogP contribution in [0.25, 0.3) is 10.9 Å². The fourth-order valence-corrected chi connectivity index (χ4v) is 2.22. The van der Waals surface area contributed by atoms with Gasteiger partial charge in [0, 0.05) is 11.6 Å². The molecule has 0 atom stereocenters. The van der Waals surface area contributed by atoms with Crippen molar-refractivity contribution in [1.29, 1.82) is 0 Å². The molecule has 0 radical (unpaired) electrons. The minimum atomic E-state index is -0.997. The predicted molar refractivity (Wildman–Crippen MR) is 79.9 cm³/mol. The van der Waals surface area contributed by atoms with Gasteiger partial charge in [-0.3, -0.25) is 4.57 Å². The van der Waals surface area contributed by atoms with Crippen LogP contribution in [-0.4, -0.2) is 29.2 Å². The summed E-state index contributed by atoms with van der Waals surface area (Å²) in [6.45, 7) is 7.63. The van der Waals surface area contributed by atoms with Crippen LogP contribution in [0.2, 0.25) is 0 Å². The van der Waals surface area contributed by atoms with Crippen molar-refractivity contribution in [2.75, 3.05) is 0 Å². The molecule has 1 aromatic heterocycles. The molecule has 0 amide bonds. The first-order valence-corrected chi connectivity index (χ1v) is 6.93. The van der Waals surface area contributed by atoms with Gasteiger partial charge in [-0.25, -0.2) is 4.79 Å². The van der Waals surface area contributed by atoms with E-state index in [9.17, 15) is 4.79 Å². The fraction of sp³-hybridized carbons (Fsp3) is 0.400. The van der Waals surface area contributed by atoms with Gasteiger partial charge in [-0.15, -0.1) is 0 Å². The summed E-state index contributed by atoms with van der Waals surface area (Å²) in [5.41, 5.74) is -0.271. The molecule has 3 rings (SSSR count). The zero-order valence-electron chi connectivity index (χ0n) is 12.6. The van der Waals surface area contributed by atoms with Gasteiger partial charge in [0.15, 0.2) is 0 Å². The maximum Gasteiger partial charge on any atom is 0.717 e. The second-order valence-electron chi connectivity index (χ2n) is 6.17. The van der Waals surface area contributed by atoms with Crippen molar-refractivity contribution in [2.45, 2.75) is 38.9 Å². The van der Waals surface area contributed by atoms with E-state index in [1.165, 1.54) is 4.57 Å². The van der Waals surface area contributed by atoms with Crippen LogP contribution >= 0.6 is 0 Å². The lowest BCUT2D eigenvalue weighted by Crippen LogP contribution is -2.41. The normalized spacial score (nSPS) is 19.9. The quantitative estimate of drug-likeness (QED) is 0.756. The first kappa shape index (κ1) is 14.2. The van der Waals surface area contributed by atoms with Gasteiger partial charge in [0.05, 0.1) is 16.7 Å². The van der Waals surface area contributed by atoms with Gasteiger partial charge in [-0.2, -0.15) is 0 Å². The summed E-state index contributed by atoms with van der Waals surface area (Å²) < 4.78 is 18.1. The number of hydrogen-bond donors (Lipinski definition) is 0.